The minimum atomic E-state index is -0.373. The van der Waals surface area contributed by atoms with Crippen LogP contribution in [0, 0.1) is 40.4 Å². The van der Waals surface area contributed by atoms with Crippen LogP contribution in [-0.4, -0.2) is 41.9 Å². The molecule has 1 heterocycles. The van der Waals surface area contributed by atoms with Crippen molar-refractivity contribution in [1.82, 2.24) is 4.90 Å². The van der Waals surface area contributed by atoms with Gasteiger partial charge in [0.2, 0.25) is 5.91 Å². The van der Waals surface area contributed by atoms with Crippen molar-refractivity contribution < 1.29 is 23.9 Å². The summed E-state index contributed by atoms with van der Waals surface area (Å²) < 4.78 is 11.3. The van der Waals surface area contributed by atoms with Crippen molar-refractivity contribution in [3.63, 3.8) is 0 Å². The van der Waals surface area contributed by atoms with E-state index in [4.69, 9.17) is 9.47 Å². The predicted octanol–water partition coefficient (Wildman–Crippen LogP) is 6.17. The van der Waals surface area contributed by atoms with Crippen molar-refractivity contribution in [2.45, 2.75) is 104 Å². The Kier molecular flexibility index (Phi) is 7.87. The van der Waals surface area contributed by atoms with Crippen LogP contribution in [0.1, 0.15) is 91.0 Å². The van der Waals surface area contributed by atoms with Crippen LogP contribution >= 0.6 is 0 Å². The lowest BCUT2D eigenvalue weighted by Crippen LogP contribution is -2.61. The Labute approximate surface area is 234 Å². The number of ether oxygens (including phenoxy) is 2. The van der Waals surface area contributed by atoms with E-state index in [1.165, 1.54) is 19.3 Å². The van der Waals surface area contributed by atoms with Crippen LogP contribution in [-0.2, 0) is 30.5 Å². The zero-order valence-corrected chi connectivity index (χ0v) is 24.5. The summed E-state index contributed by atoms with van der Waals surface area (Å²) in [6.07, 6.45) is 7.46. The Balaban J connectivity index is 1.18. The predicted molar refractivity (Wildman–Crippen MR) is 149 cm³/mol. The van der Waals surface area contributed by atoms with Gasteiger partial charge < -0.3 is 14.4 Å². The summed E-state index contributed by atoms with van der Waals surface area (Å²) in [5.41, 5.74) is 1.29. The van der Waals surface area contributed by atoms with E-state index < -0.39 is 0 Å². The van der Waals surface area contributed by atoms with Gasteiger partial charge in [-0.2, -0.15) is 0 Å². The van der Waals surface area contributed by atoms with Crippen molar-refractivity contribution in [3.05, 3.63) is 35.9 Å². The maximum Gasteiger partial charge on any atom is 0.306 e. The molecule has 1 aliphatic heterocycles. The molecule has 3 aliphatic carbocycles. The minimum Gasteiger partial charge on any atom is -0.462 e. The van der Waals surface area contributed by atoms with Gasteiger partial charge >= 0.3 is 11.9 Å². The van der Waals surface area contributed by atoms with Crippen LogP contribution < -0.4 is 0 Å². The Bertz CT molecular complexity index is 1070. The van der Waals surface area contributed by atoms with Gasteiger partial charge in [0.15, 0.2) is 0 Å². The minimum absolute atomic E-state index is 0.0406. The van der Waals surface area contributed by atoms with Crippen molar-refractivity contribution in [2.75, 3.05) is 7.05 Å². The molecule has 0 N–H and O–H groups in total. The van der Waals surface area contributed by atoms with Gasteiger partial charge in [0.1, 0.15) is 12.7 Å². The summed E-state index contributed by atoms with van der Waals surface area (Å²) in [6, 6.07) is 9.93. The molecule has 0 bridgehead atoms. The van der Waals surface area contributed by atoms with E-state index in [9.17, 15) is 14.4 Å². The number of nitrogens with zero attached hydrogens (tertiary/aromatic N) is 1. The number of hydrogen-bond donors (Lipinski definition) is 0. The molecule has 214 valence electrons. The number of fused-ring (bicyclic) bond motifs is 5. The number of amides is 1. The molecule has 2 unspecified atom stereocenters. The van der Waals surface area contributed by atoms with Gasteiger partial charge in [-0.05, 0) is 85.5 Å². The van der Waals surface area contributed by atoms with E-state index in [-0.39, 0.29) is 48.3 Å². The van der Waals surface area contributed by atoms with E-state index >= 15 is 0 Å². The highest BCUT2D eigenvalue weighted by Crippen LogP contribution is 2.67. The first kappa shape index (κ1) is 28.2. The number of carbonyl (C=O) groups excluding carboxylic acids is 3. The molecule has 9 atom stereocenters. The third kappa shape index (κ3) is 5.13. The van der Waals surface area contributed by atoms with Gasteiger partial charge in [0.05, 0.1) is 12.8 Å². The molecule has 0 radical (unpaired) electrons. The zero-order valence-electron chi connectivity index (χ0n) is 24.5. The van der Waals surface area contributed by atoms with E-state index in [0.29, 0.717) is 48.0 Å². The standard InChI is InChI=1S/C33H47NO5/c1-21-19-26-24-11-12-27-32(3,18-16-28(35)34(27)5)25(24)15-17-33(26,4)31(21)22(2)39-30(37)14-13-29(36)38-20-23-9-7-6-8-10-23/h6-10,21-22,24-27,31H,11-20H2,1-5H3/t21?,22?,24-,25+,26+,27-,31-,32-,33+/m1/s1. The maximum atomic E-state index is 12.8. The summed E-state index contributed by atoms with van der Waals surface area (Å²) in [4.78, 5) is 39.5. The Hall–Kier alpha value is -2.37. The average Bonchev–Trinajstić information content (AvgIpc) is 3.19. The number of esters is 2. The first-order valence-electron chi connectivity index (χ1n) is 15.2. The maximum absolute atomic E-state index is 12.8. The molecular weight excluding hydrogens is 490 g/mol. The SMILES string of the molecule is CC1C[C@H]2[C@@H]3CC[C@H]4N(C)C(=O)CC[C@]4(C)[C@H]3CC[C@]2(C)[C@H]1C(C)OC(=O)CCC(=O)OCc1ccccc1. The molecule has 1 saturated heterocycles. The molecule has 1 aromatic carbocycles. The summed E-state index contributed by atoms with van der Waals surface area (Å²) in [6.45, 7) is 9.55. The largest absolute Gasteiger partial charge is 0.462 e. The quantitative estimate of drug-likeness (QED) is 0.389. The van der Waals surface area contributed by atoms with Crippen LogP contribution in [0.2, 0.25) is 0 Å². The van der Waals surface area contributed by atoms with Crippen LogP contribution in [0.25, 0.3) is 0 Å². The van der Waals surface area contributed by atoms with Gasteiger partial charge in [0.25, 0.3) is 0 Å². The van der Waals surface area contributed by atoms with E-state index in [1.807, 2.05) is 37.4 Å². The fraction of sp³-hybridized carbons (Fsp3) is 0.727. The van der Waals surface area contributed by atoms with E-state index in [1.54, 1.807) is 0 Å². The zero-order chi connectivity index (χ0) is 27.9. The molecule has 0 aromatic heterocycles. The number of rotatable bonds is 7. The number of likely N-dealkylation sites (tertiary alicyclic amines) is 1. The normalized spacial score (nSPS) is 38.3. The molecule has 5 rings (SSSR count). The smallest absolute Gasteiger partial charge is 0.306 e. The first-order chi connectivity index (χ1) is 18.5. The fourth-order valence-corrected chi connectivity index (χ4v) is 9.91. The second kappa shape index (κ2) is 10.9. The second-order valence-electron chi connectivity index (χ2n) is 13.6. The van der Waals surface area contributed by atoms with Crippen LogP contribution in [0.15, 0.2) is 30.3 Å². The van der Waals surface area contributed by atoms with Gasteiger partial charge in [-0.1, -0.05) is 51.1 Å². The van der Waals surface area contributed by atoms with Gasteiger partial charge in [-0.25, -0.2) is 0 Å². The Morgan fingerprint density at radius 3 is 2.46 bits per heavy atom. The molecule has 3 saturated carbocycles. The highest BCUT2D eigenvalue weighted by Gasteiger charge is 2.63. The van der Waals surface area contributed by atoms with Gasteiger partial charge in [0, 0.05) is 25.4 Å². The third-order valence-electron chi connectivity index (χ3n) is 11.6. The number of piperidine rings is 1. The van der Waals surface area contributed by atoms with Gasteiger partial charge in [-0.3, -0.25) is 14.4 Å². The fourth-order valence-electron chi connectivity index (χ4n) is 9.91. The highest BCUT2D eigenvalue weighted by molar-refractivity contribution is 5.78. The average molecular weight is 538 g/mol. The third-order valence-corrected chi connectivity index (χ3v) is 11.6. The summed E-state index contributed by atoms with van der Waals surface area (Å²) >= 11 is 0. The molecule has 39 heavy (non-hydrogen) atoms. The van der Waals surface area contributed by atoms with Crippen molar-refractivity contribution in [3.8, 4) is 0 Å². The Morgan fingerprint density at radius 1 is 1.00 bits per heavy atom. The highest BCUT2D eigenvalue weighted by atomic mass is 16.5. The molecule has 1 aromatic rings. The number of benzene rings is 1. The molecule has 6 heteroatoms. The van der Waals surface area contributed by atoms with Crippen LogP contribution in [0.4, 0.5) is 0 Å². The van der Waals surface area contributed by atoms with Crippen LogP contribution in [0.5, 0.6) is 0 Å². The van der Waals surface area contributed by atoms with Crippen LogP contribution in [0.3, 0.4) is 0 Å². The second-order valence-corrected chi connectivity index (χ2v) is 13.6. The number of carbonyl (C=O) groups is 3. The van der Waals surface area contributed by atoms with E-state index in [0.717, 1.165) is 24.8 Å². The molecule has 4 fully saturated rings. The summed E-state index contributed by atoms with van der Waals surface area (Å²) in [7, 11) is 2.02. The molecule has 4 aliphatic rings. The number of hydrogen-bond acceptors (Lipinski definition) is 5. The monoisotopic (exact) mass is 537 g/mol. The first-order valence-corrected chi connectivity index (χ1v) is 15.2. The van der Waals surface area contributed by atoms with Crippen molar-refractivity contribution >= 4 is 17.8 Å². The lowest BCUT2D eigenvalue weighted by atomic mass is 9.46. The Morgan fingerprint density at radius 2 is 1.72 bits per heavy atom. The molecule has 0 spiro atoms. The molecular formula is C33H47NO5. The molecule has 6 nitrogen and oxygen atoms in total. The molecule has 1 amide bonds. The van der Waals surface area contributed by atoms with Gasteiger partial charge in [-0.15, -0.1) is 0 Å². The van der Waals surface area contributed by atoms with E-state index in [2.05, 4.69) is 32.6 Å². The van der Waals surface area contributed by atoms with Crippen molar-refractivity contribution in [2.24, 2.45) is 40.4 Å². The lowest BCUT2D eigenvalue weighted by molar-refractivity contribution is -0.166. The lowest BCUT2D eigenvalue weighted by Gasteiger charge is -2.62. The summed E-state index contributed by atoms with van der Waals surface area (Å²) in [5.74, 6) is 2.41. The summed E-state index contributed by atoms with van der Waals surface area (Å²) in [5, 5.41) is 0. The van der Waals surface area contributed by atoms with Crippen molar-refractivity contribution in [1.29, 1.82) is 0 Å². The topological polar surface area (TPSA) is 72.9 Å².